The molecule has 0 fully saturated rings. The van der Waals surface area contributed by atoms with E-state index < -0.39 is 17.5 Å². The number of amides is 1. The van der Waals surface area contributed by atoms with E-state index in [1.807, 2.05) is 6.20 Å². The smallest absolute Gasteiger partial charge is 0.251 e. The summed E-state index contributed by atoms with van der Waals surface area (Å²) in [5.74, 6) is -1.62. The molecular formula is C19H16F2N4O2. The molecule has 1 aliphatic carbocycles. The van der Waals surface area contributed by atoms with Gasteiger partial charge in [-0.05, 0) is 31.0 Å². The van der Waals surface area contributed by atoms with Gasteiger partial charge in [0.05, 0.1) is 24.5 Å². The number of carbonyl (C=O) groups excluding carboxylic acids is 1. The van der Waals surface area contributed by atoms with E-state index >= 15 is 0 Å². The molecule has 0 saturated carbocycles. The van der Waals surface area contributed by atoms with E-state index in [4.69, 9.17) is 4.74 Å². The molecule has 0 saturated heterocycles. The Morgan fingerprint density at radius 3 is 2.78 bits per heavy atom. The minimum Gasteiger partial charge on any atom is -0.481 e. The van der Waals surface area contributed by atoms with Crippen molar-refractivity contribution < 1.29 is 18.3 Å². The number of hydrogen-bond donors (Lipinski definition) is 1. The van der Waals surface area contributed by atoms with Crippen LogP contribution < -0.4 is 10.1 Å². The summed E-state index contributed by atoms with van der Waals surface area (Å²) in [6, 6.07) is 6.05. The highest BCUT2D eigenvalue weighted by atomic mass is 19.1. The maximum atomic E-state index is 13.3. The van der Waals surface area contributed by atoms with Crippen LogP contribution in [-0.2, 0) is 6.42 Å². The number of aromatic nitrogens is 3. The largest absolute Gasteiger partial charge is 0.481 e. The molecule has 2 heterocycles. The molecule has 1 atom stereocenters. The Morgan fingerprint density at radius 2 is 2.04 bits per heavy atom. The first-order chi connectivity index (χ1) is 13.0. The maximum absolute atomic E-state index is 13.3. The lowest BCUT2D eigenvalue weighted by Gasteiger charge is -2.13. The molecule has 0 aliphatic heterocycles. The molecule has 138 valence electrons. The van der Waals surface area contributed by atoms with Gasteiger partial charge in [0.2, 0.25) is 5.88 Å². The number of nitrogens with zero attached hydrogens (tertiary/aromatic N) is 3. The number of rotatable bonds is 4. The van der Waals surface area contributed by atoms with Gasteiger partial charge in [-0.3, -0.25) is 4.79 Å². The average molecular weight is 370 g/mol. The Kier molecular flexibility index (Phi) is 4.31. The molecular weight excluding hydrogens is 354 g/mol. The summed E-state index contributed by atoms with van der Waals surface area (Å²) in [4.78, 5) is 16.4. The molecule has 27 heavy (non-hydrogen) atoms. The van der Waals surface area contributed by atoms with Crippen molar-refractivity contribution in [3.8, 4) is 11.6 Å². The number of benzene rings is 1. The fourth-order valence-electron chi connectivity index (χ4n) is 3.21. The summed E-state index contributed by atoms with van der Waals surface area (Å²) >= 11 is 0. The van der Waals surface area contributed by atoms with Crippen LogP contribution >= 0.6 is 0 Å². The molecule has 0 unspecified atom stereocenters. The first-order valence-corrected chi connectivity index (χ1v) is 8.39. The van der Waals surface area contributed by atoms with Crippen molar-refractivity contribution >= 4 is 5.91 Å². The van der Waals surface area contributed by atoms with Crippen LogP contribution in [0.5, 0.6) is 5.88 Å². The van der Waals surface area contributed by atoms with Crippen LogP contribution in [0, 0.1) is 11.6 Å². The van der Waals surface area contributed by atoms with Crippen molar-refractivity contribution in [1.82, 2.24) is 20.1 Å². The molecule has 1 aliphatic rings. The highest BCUT2D eigenvalue weighted by molar-refractivity contribution is 5.94. The first-order valence-electron chi connectivity index (χ1n) is 8.39. The van der Waals surface area contributed by atoms with Crippen molar-refractivity contribution in [2.24, 2.45) is 0 Å². The molecule has 0 spiro atoms. The Morgan fingerprint density at radius 1 is 1.26 bits per heavy atom. The van der Waals surface area contributed by atoms with Gasteiger partial charge in [-0.1, -0.05) is 0 Å². The lowest BCUT2D eigenvalue weighted by atomic mass is 10.1. The van der Waals surface area contributed by atoms with Crippen LogP contribution in [0.15, 0.2) is 42.7 Å². The third-order valence-electron chi connectivity index (χ3n) is 4.49. The Bertz CT molecular complexity index is 998. The fourth-order valence-corrected chi connectivity index (χ4v) is 3.21. The van der Waals surface area contributed by atoms with Crippen molar-refractivity contribution in [3.63, 3.8) is 0 Å². The lowest BCUT2D eigenvalue weighted by molar-refractivity contribution is 0.0935. The number of carbonyl (C=O) groups is 1. The van der Waals surface area contributed by atoms with E-state index in [9.17, 15) is 13.6 Å². The van der Waals surface area contributed by atoms with Gasteiger partial charge in [-0.2, -0.15) is 5.10 Å². The van der Waals surface area contributed by atoms with Crippen molar-refractivity contribution in [3.05, 3.63) is 71.2 Å². The van der Waals surface area contributed by atoms with E-state index in [-0.39, 0.29) is 11.6 Å². The van der Waals surface area contributed by atoms with Gasteiger partial charge in [0, 0.05) is 35.7 Å². The minimum absolute atomic E-state index is 0.0489. The topological polar surface area (TPSA) is 69.0 Å². The van der Waals surface area contributed by atoms with Crippen LogP contribution in [0.2, 0.25) is 0 Å². The molecule has 0 bridgehead atoms. The van der Waals surface area contributed by atoms with Gasteiger partial charge < -0.3 is 10.1 Å². The van der Waals surface area contributed by atoms with E-state index in [0.29, 0.717) is 18.7 Å². The van der Waals surface area contributed by atoms with Crippen molar-refractivity contribution in [2.45, 2.75) is 18.9 Å². The minimum atomic E-state index is -0.785. The zero-order chi connectivity index (χ0) is 19.0. The molecule has 8 heteroatoms. The quantitative estimate of drug-likeness (QED) is 0.767. The number of aryl methyl sites for hydroxylation is 1. The number of nitrogens with one attached hydrogen (secondary N) is 1. The summed E-state index contributed by atoms with van der Waals surface area (Å²) in [6.07, 6.45) is 4.85. The van der Waals surface area contributed by atoms with Gasteiger partial charge in [0.15, 0.2) is 0 Å². The predicted octanol–water partition coefficient (Wildman–Crippen LogP) is 2.97. The zero-order valence-corrected chi connectivity index (χ0v) is 14.4. The summed E-state index contributed by atoms with van der Waals surface area (Å²) in [6.45, 7) is 0. The molecule has 1 aromatic carbocycles. The van der Waals surface area contributed by atoms with Crippen LogP contribution in [0.3, 0.4) is 0 Å². The lowest BCUT2D eigenvalue weighted by Crippen LogP contribution is -2.27. The Hall–Kier alpha value is -3.29. The first kappa shape index (κ1) is 17.1. The summed E-state index contributed by atoms with van der Waals surface area (Å²) in [7, 11) is 1.54. The molecule has 1 amide bonds. The molecule has 3 aromatic rings. The van der Waals surface area contributed by atoms with Gasteiger partial charge >= 0.3 is 0 Å². The second kappa shape index (κ2) is 6.79. The number of hydrogen-bond acceptors (Lipinski definition) is 4. The van der Waals surface area contributed by atoms with Gasteiger partial charge in [-0.15, -0.1) is 0 Å². The number of ether oxygens (including phenoxy) is 1. The Labute approximate surface area is 153 Å². The van der Waals surface area contributed by atoms with Gasteiger partial charge in [0.1, 0.15) is 11.6 Å². The normalized spacial score (nSPS) is 15.4. The molecule has 4 rings (SSSR count). The second-order valence-electron chi connectivity index (χ2n) is 6.25. The number of methoxy groups -OCH3 is 1. The van der Waals surface area contributed by atoms with Crippen LogP contribution in [0.4, 0.5) is 8.78 Å². The zero-order valence-electron chi connectivity index (χ0n) is 14.4. The molecule has 2 aromatic heterocycles. The standard InChI is InChI=1S/C19H16F2N4O2/c1-27-18-9-14(4-5-22-18)25-10-15-16(2-3-17(15)24-25)23-19(26)11-6-12(20)8-13(21)7-11/h4-10,16H,2-3H2,1H3,(H,23,26)/t16-/m1/s1. The SMILES string of the molecule is COc1cc(-n2cc3c(n2)CC[C@H]3NC(=O)c2cc(F)cc(F)c2)ccn1. The number of halogens is 2. The highest BCUT2D eigenvalue weighted by Gasteiger charge is 2.28. The van der Waals surface area contributed by atoms with Gasteiger partial charge in [-0.25, -0.2) is 18.4 Å². The van der Waals surface area contributed by atoms with E-state index in [0.717, 1.165) is 35.1 Å². The van der Waals surface area contributed by atoms with Crippen LogP contribution in [0.1, 0.15) is 34.1 Å². The molecule has 0 radical (unpaired) electrons. The van der Waals surface area contributed by atoms with E-state index in [1.165, 1.54) is 7.11 Å². The third kappa shape index (κ3) is 3.38. The third-order valence-corrected chi connectivity index (χ3v) is 4.49. The highest BCUT2D eigenvalue weighted by Crippen LogP contribution is 2.31. The second-order valence-corrected chi connectivity index (χ2v) is 6.25. The maximum Gasteiger partial charge on any atom is 0.251 e. The number of pyridine rings is 1. The van der Waals surface area contributed by atoms with Crippen LogP contribution in [0.25, 0.3) is 5.69 Å². The van der Waals surface area contributed by atoms with Crippen molar-refractivity contribution in [1.29, 1.82) is 0 Å². The van der Waals surface area contributed by atoms with E-state index in [1.54, 1.807) is 23.0 Å². The monoisotopic (exact) mass is 370 g/mol. The van der Waals surface area contributed by atoms with Crippen molar-refractivity contribution in [2.75, 3.05) is 7.11 Å². The Balaban J connectivity index is 1.56. The van der Waals surface area contributed by atoms with Gasteiger partial charge in [0.25, 0.3) is 5.91 Å². The summed E-state index contributed by atoms with van der Waals surface area (Å²) < 4.78 is 33.5. The van der Waals surface area contributed by atoms with E-state index in [2.05, 4.69) is 15.4 Å². The molecule has 1 N–H and O–H groups in total. The fraction of sp³-hybridized carbons (Fsp3) is 0.211. The summed E-state index contributed by atoms with van der Waals surface area (Å²) in [5, 5.41) is 7.39. The average Bonchev–Trinajstić information content (AvgIpc) is 3.23. The predicted molar refractivity (Wildman–Crippen MR) is 92.8 cm³/mol. The molecule has 6 nitrogen and oxygen atoms in total. The summed E-state index contributed by atoms with van der Waals surface area (Å²) in [5.41, 5.74) is 2.50. The number of fused-ring (bicyclic) bond motifs is 1. The van der Waals surface area contributed by atoms with Crippen LogP contribution in [-0.4, -0.2) is 27.8 Å².